The van der Waals surface area contributed by atoms with Crippen molar-refractivity contribution in [2.24, 2.45) is 5.73 Å². The molecule has 3 unspecified atom stereocenters. The molecule has 1 heterocycles. The van der Waals surface area contributed by atoms with Crippen LogP contribution in [0.1, 0.15) is 24.8 Å². The SMILES string of the molecule is CC1OCCC1SCC(C(=N)N)c1ccccc1. The van der Waals surface area contributed by atoms with Gasteiger partial charge in [0.05, 0.1) is 11.9 Å². The van der Waals surface area contributed by atoms with Gasteiger partial charge in [-0.2, -0.15) is 11.8 Å². The fourth-order valence-corrected chi connectivity index (χ4v) is 3.63. The highest BCUT2D eigenvalue weighted by Crippen LogP contribution is 2.30. The van der Waals surface area contributed by atoms with Crippen LogP contribution in [0, 0.1) is 5.41 Å². The van der Waals surface area contributed by atoms with Gasteiger partial charge in [0.25, 0.3) is 0 Å². The Morgan fingerprint density at radius 3 is 2.78 bits per heavy atom. The standard InChI is InChI=1S/C14H20N2OS/c1-10-13(7-8-17-10)18-9-12(14(15)16)11-5-3-2-4-6-11/h2-6,10,12-13H,7-9H2,1H3,(H3,15,16). The number of amidine groups is 1. The van der Waals surface area contributed by atoms with E-state index in [1.54, 1.807) is 0 Å². The maximum atomic E-state index is 7.75. The summed E-state index contributed by atoms with van der Waals surface area (Å²) in [6.07, 6.45) is 1.42. The summed E-state index contributed by atoms with van der Waals surface area (Å²) in [5.41, 5.74) is 6.86. The Hall–Kier alpha value is -1.00. The zero-order chi connectivity index (χ0) is 13.0. The van der Waals surface area contributed by atoms with Crippen LogP contribution in [-0.2, 0) is 4.74 Å². The van der Waals surface area contributed by atoms with E-state index in [9.17, 15) is 0 Å². The Balaban J connectivity index is 1.97. The first-order valence-electron chi connectivity index (χ1n) is 6.30. The molecule has 0 bridgehead atoms. The largest absolute Gasteiger partial charge is 0.387 e. The zero-order valence-electron chi connectivity index (χ0n) is 10.6. The lowest BCUT2D eigenvalue weighted by Gasteiger charge is -2.19. The molecule has 0 spiro atoms. The Morgan fingerprint density at radius 2 is 2.22 bits per heavy atom. The summed E-state index contributed by atoms with van der Waals surface area (Å²) in [6, 6.07) is 10.1. The first-order valence-corrected chi connectivity index (χ1v) is 7.35. The van der Waals surface area contributed by atoms with E-state index < -0.39 is 0 Å². The minimum absolute atomic E-state index is 0.0176. The molecule has 1 aliphatic rings. The van der Waals surface area contributed by atoms with Crippen LogP contribution < -0.4 is 5.73 Å². The van der Waals surface area contributed by atoms with E-state index in [1.807, 2.05) is 42.1 Å². The molecule has 0 aliphatic carbocycles. The van der Waals surface area contributed by atoms with Crippen molar-refractivity contribution < 1.29 is 4.74 Å². The second kappa shape index (κ2) is 6.25. The van der Waals surface area contributed by atoms with Gasteiger partial charge in [0.15, 0.2) is 0 Å². The van der Waals surface area contributed by atoms with E-state index in [1.165, 1.54) is 0 Å². The van der Waals surface area contributed by atoms with Crippen molar-refractivity contribution in [2.75, 3.05) is 12.4 Å². The summed E-state index contributed by atoms with van der Waals surface area (Å²) in [4.78, 5) is 0. The molecule has 0 saturated carbocycles. The molecule has 2 rings (SSSR count). The zero-order valence-corrected chi connectivity index (χ0v) is 11.5. The molecule has 1 aromatic rings. The van der Waals surface area contributed by atoms with Crippen molar-refractivity contribution in [1.29, 1.82) is 5.41 Å². The van der Waals surface area contributed by atoms with Crippen LogP contribution in [0.5, 0.6) is 0 Å². The Bertz CT molecular complexity index is 396. The van der Waals surface area contributed by atoms with Crippen LogP contribution in [-0.4, -0.2) is 29.5 Å². The van der Waals surface area contributed by atoms with Crippen molar-refractivity contribution in [3.63, 3.8) is 0 Å². The number of hydrogen-bond acceptors (Lipinski definition) is 3. The lowest BCUT2D eigenvalue weighted by molar-refractivity contribution is 0.127. The molecule has 1 fully saturated rings. The molecule has 3 atom stereocenters. The highest BCUT2D eigenvalue weighted by molar-refractivity contribution is 8.00. The third kappa shape index (κ3) is 3.27. The van der Waals surface area contributed by atoms with Crippen LogP contribution in [0.25, 0.3) is 0 Å². The minimum Gasteiger partial charge on any atom is -0.387 e. The molecule has 18 heavy (non-hydrogen) atoms. The first-order chi connectivity index (χ1) is 8.68. The van der Waals surface area contributed by atoms with Crippen LogP contribution in [0.3, 0.4) is 0 Å². The normalized spacial score (nSPS) is 24.9. The Morgan fingerprint density at radius 1 is 1.50 bits per heavy atom. The molecular weight excluding hydrogens is 244 g/mol. The highest BCUT2D eigenvalue weighted by Gasteiger charge is 2.26. The number of hydrogen-bond donors (Lipinski definition) is 2. The van der Waals surface area contributed by atoms with E-state index in [4.69, 9.17) is 15.9 Å². The van der Waals surface area contributed by atoms with Gasteiger partial charge in [-0.3, -0.25) is 5.41 Å². The van der Waals surface area contributed by atoms with Crippen LogP contribution in [0.4, 0.5) is 0 Å². The molecule has 1 aliphatic heterocycles. The number of benzene rings is 1. The summed E-state index contributed by atoms with van der Waals surface area (Å²) in [5, 5.41) is 8.28. The van der Waals surface area contributed by atoms with Crippen molar-refractivity contribution in [1.82, 2.24) is 0 Å². The van der Waals surface area contributed by atoms with Gasteiger partial charge in [0, 0.05) is 23.5 Å². The second-order valence-electron chi connectivity index (χ2n) is 4.65. The van der Waals surface area contributed by atoms with Gasteiger partial charge in [-0.15, -0.1) is 0 Å². The van der Waals surface area contributed by atoms with Crippen LogP contribution in [0.15, 0.2) is 30.3 Å². The van der Waals surface area contributed by atoms with Gasteiger partial charge >= 0.3 is 0 Å². The number of nitrogens with one attached hydrogen (secondary N) is 1. The van der Waals surface area contributed by atoms with Crippen molar-refractivity contribution in [3.05, 3.63) is 35.9 Å². The monoisotopic (exact) mass is 264 g/mol. The van der Waals surface area contributed by atoms with Crippen LogP contribution >= 0.6 is 11.8 Å². The van der Waals surface area contributed by atoms with Crippen molar-refractivity contribution in [3.8, 4) is 0 Å². The van der Waals surface area contributed by atoms with Crippen molar-refractivity contribution >= 4 is 17.6 Å². The lowest BCUT2D eigenvalue weighted by Crippen LogP contribution is -2.24. The van der Waals surface area contributed by atoms with Gasteiger partial charge in [-0.25, -0.2) is 0 Å². The van der Waals surface area contributed by atoms with Crippen LogP contribution in [0.2, 0.25) is 0 Å². The second-order valence-corrected chi connectivity index (χ2v) is 5.93. The number of rotatable bonds is 5. The van der Waals surface area contributed by atoms with E-state index in [-0.39, 0.29) is 11.8 Å². The fourth-order valence-electron chi connectivity index (χ4n) is 2.20. The fraction of sp³-hybridized carbons (Fsp3) is 0.500. The highest BCUT2D eigenvalue weighted by atomic mass is 32.2. The molecule has 0 radical (unpaired) electrons. The predicted molar refractivity (Wildman–Crippen MR) is 77.4 cm³/mol. The molecule has 3 nitrogen and oxygen atoms in total. The van der Waals surface area contributed by atoms with Gasteiger partial charge in [-0.1, -0.05) is 30.3 Å². The first kappa shape index (κ1) is 13.4. The number of thioether (sulfide) groups is 1. The predicted octanol–water partition coefficient (Wildman–Crippen LogP) is 2.62. The molecule has 1 aromatic carbocycles. The number of nitrogens with two attached hydrogens (primary N) is 1. The molecule has 0 amide bonds. The molecule has 1 saturated heterocycles. The van der Waals surface area contributed by atoms with Gasteiger partial charge < -0.3 is 10.5 Å². The Kier molecular flexibility index (Phi) is 4.66. The topological polar surface area (TPSA) is 59.1 Å². The van der Waals surface area contributed by atoms with E-state index in [2.05, 4.69) is 6.92 Å². The molecule has 4 heteroatoms. The summed E-state index contributed by atoms with van der Waals surface area (Å²) in [7, 11) is 0. The molecule has 3 N–H and O–H groups in total. The quantitative estimate of drug-likeness (QED) is 0.635. The summed E-state index contributed by atoms with van der Waals surface area (Å²) in [6.45, 7) is 2.98. The summed E-state index contributed by atoms with van der Waals surface area (Å²) in [5.74, 6) is 1.13. The molecule has 0 aromatic heterocycles. The summed E-state index contributed by atoms with van der Waals surface area (Å²) >= 11 is 1.88. The smallest absolute Gasteiger partial charge is 0.0990 e. The van der Waals surface area contributed by atoms with Gasteiger partial charge in [-0.05, 0) is 18.9 Å². The third-order valence-corrected chi connectivity index (χ3v) is 4.93. The van der Waals surface area contributed by atoms with Crippen molar-refractivity contribution in [2.45, 2.75) is 30.6 Å². The summed E-state index contributed by atoms with van der Waals surface area (Å²) < 4.78 is 5.56. The average molecular weight is 264 g/mol. The van der Waals surface area contributed by atoms with Gasteiger partial charge in [0.1, 0.15) is 0 Å². The Labute approximate surface area is 113 Å². The average Bonchev–Trinajstić information content (AvgIpc) is 2.76. The van der Waals surface area contributed by atoms with Gasteiger partial charge in [0.2, 0.25) is 0 Å². The number of ether oxygens (including phenoxy) is 1. The molecular formula is C14H20N2OS. The van der Waals surface area contributed by atoms with E-state index in [0.29, 0.717) is 11.4 Å². The third-order valence-electron chi connectivity index (χ3n) is 3.36. The maximum absolute atomic E-state index is 7.75. The minimum atomic E-state index is 0.0176. The molecule has 98 valence electrons. The van der Waals surface area contributed by atoms with E-state index >= 15 is 0 Å². The maximum Gasteiger partial charge on any atom is 0.0990 e. The van der Waals surface area contributed by atoms with E-state index in [0.717, 1.165) is 24.3 Å². The lowest BCUT2D eigenvalue weighted by atomic mass is 10.0.